The lowest BCUT2D eigenvalue weighted by atomic mass is 10.00. The molecule has 0 aromatic heterocycles. The van der Waals surface area contributed by atoms with E-state index < -0.39 is 0 Å². The Labute approximate surface area is 76.9 Å². The second-order valence-electron chi connectivity index (χ2n) is 2.86. The molecule has 1 aliphatic rings. The minimum Gasteiger partial charge on any atom is -0.381 e. The van der Waals surface area contributed by atoms with E-state index in [1.807, 2.05) is 0 Å². The van der Waals surface area contributed by atoms with Crippen LogP contribution >= 0.6 is 15.9 Å². The highest BCUT2D eigenvalue weighted by molar-refractivity contribution is 9.09. The van der Waals surface area contributed by atoms with Gasteiger partial charge in [-0.15, -0.1) is 0 Å². The first-order valence-electron chi connectivity index (χ1n) is 4.24. The first-order valence-corrected chi connectivity index (χ1v) is 5.36. The number of rotatable bonds is 3. The lowest BCUT2D eigenvalue weighted by molar-refractivity contribution is 0.0785. The van der Waals surface area contributed by atoms with E-state index in [9.17, 15) is 0 Å². The monoisotopic (exact) mass is 218 g/mol. The van der Waals surface area contributed by atoms with Crippen molar-refractivity contribution in [2.75, 3.05) is 18.5 Å². The number of alkyl halides is 1. The highest BCUT2D eigenvalue weighted by Gasteiger charge is 2.09. The molecule has 0 amide bonds. The van der Waals surface area contributed by atoms with Gasteiger partial charge >= 0.3 is 0 Å². The SMILES string of the molecule is BrCC/C=C/C1CCOCC1. The second-order valence-corrected chi connectivity index (χ2v) is 3.65. The highest BCUT2D eigenvalue weighted by Crippen LogP contribution is 2.15. The van der Waals surface area contributed by atoms with Crippen molar-refractivity contribution in [2.45, 2.75) is 19.3 Å². The maximum Gasteiger partial charge on any atom is 0.0471 e. The molecule has 0 N–H and O–H groups in total. The predicted molar refractivity (Wildman–Crippen MR) is 51.1 cm³/mol. The molecule has 0 radical (unpaired) electrons. The molecule has 1 aliphatic heterocycles. The number of ether oxygens (including phenoxy) is 1. The fourth-order valence-corrected chi connectivity index (χ4v) is 1.52. The van der Waals surface area contributed by atoms with Crippen LogP contribution in [-0.4, -0.2) is 18.5 Å². The van der Waals surface area contributed by atoms with Crippen LogP contribution in [0.25, 0.3) is 0 Å². The first kappa shape index (κ1) is 9.27. The molecule has 1 saturated heterocycles. The third kappa shape index (κ3) is 3.92. The highest BCUT2D eigenvalue weighted by atomic mass is 79.9. The molecule has 1 nitrogen and oxygen atoms in total. The fourth-order valence-electron chi connectivity index (χ4n) is 1.26. The zero-order valence-corrected chi connectivity index (χ0v) is 8.35. The van der Waals surface area contributed by atoms with Crippen LogP contribution < -0.4 is 0 Å². The maximum atomic E-state index is 5.26. The molecule has 0 saturated carbocycles. The van der Waals surface area contributed by atoms with Gasteiger partial charge < -0.3 is 4.74 Å². The number of hydrogen-bond acceptors (Lipinski definition) is 1. The van der Waals surface area contributed by atoms with Gasteiger partial charge in [-0.25, -0.2) is 0 Å². The lowest BCUT2D eigenvalue weighted by Crippen LogP contribution is -2.13. The molecule has 11 heavy (non-hydrogen) atoms. The van der Waals surface area contributed by atoms with Crippen LogP contribution in [-0.2, 0) is 4.74 Å². The molecule has 0 atom stereocenters. The number of halogens is 1. The molecule has 0 aromatic carbocycles. The zero-order chi connectivity index (χ0) is 7.94. The van der Waals surface area contributed by atoms with E-state index in [4.69, 9.17) is 4.74 Å². The summed E-state index contributed by atoms with van der Waals surface area (Å²) in [6, 6.07) is 0. The van der Waals surface area contributed by atoms with Crippen molar-refractivity contribution in [3.8, 4) is 0 Å². The Morgan fingerprint density at radius 1 is 1.36 bits per heavy atom. The van der Waals surface area contributed by atoms with Crippen molar-refractivity contribution >= 4 is 15.9 Å². The molecule has 2 heteroatoms. The van der Waals surface area contributed by atoms with Crippen LogP contribution in [0.1, 0.15) is 19.3 Å². The first-order chi connectivity index (χ1) is 5.43. The third-order valence-corrected chi connectivity index (χ3v) is 2.41. The average molecular weight is 219 g/mol. The van der Waals surface area contributed by atoms with E-state index in [-0.39, 0.29) is 0 Å². The quantitative estimate of drug-likeness (QED) is 0.523. The molecule has 1 rings (SSSR count). The van der Waals surface area contributed by atoms with Gasteiger partial charge in [-0.2, -0.15) is 0 Å². The Bertz CT molecular complexity index is 117. The molecule has 0 aliphatic carbocycles. The summed E-state index contributed by atoms with van der Waals surface area (Å²) >= 11 is 3.40. The summed E-state index contributed by atoms with van der Waals surface area (Å²) in [5.74, 6) is 0.780. The Kier molecular flexibility index (Phi) is 4.87. The van der Waals surface area contributed by atoms with Gasteiger partial charge in [0, 0.05) is 18.5 Å². The molecular weight excluding hydrogens is 204 g/mol. The van der Waals surface area contributed by atoms with Crippen molar-refractivity contribution in [2.24, 2.45) is 5.92 Å². The van der Waals surface area contributed by atoms with Crippen LogP contribution in [0.5, 0.6) is 0 Å². The van der Waals surface area contributed by atoms with Crippen LogP contribution in [0.3, 0.4) is 0 Å². The van der Waals surface area contributed by atoms with Crippen LogP contribution in [0.4, 0.5) is 0 Å². The Balaban J connectivity index is 2.13. The molecule has 0 bridgehead atoms. The Morgan fingerprint density at radius 2 is 2.09 bits per heavy atom. The van der Waals surface area contributed by atoms with E-state index in [1.165, 1.54) is 12.8 Å². The zero-order valence-electron chi connectivity index (χ0n) is 6.76. The number of allylic oxidation sites excluding steroid dienone is 2. The number of hydrogen-bond donors (Lipinski definition) is 0. The van der Waals surface area contributed by atoms with Gasteiger partial charge in [-0.1, -0.05) is 28.1 Å². The largest absolute Gasteiger partial charge is 0.381 e. The Morgan fingerprint density at radius 3 is 2.73 bits per heavy atom. The Hall–Kier alpha value is 0.180. The van der Waals surface area contributed by atoms with E-state index in [2.05, 4.69) is 28.1 Å². The van der Waals surface area contributed by atoms with Crippen molar-refractivity contribution < 1.29 is 4.74 Å². The van der Waals surface area contributed by atoms with Crippen LogP contribution in [0.15, 0.2) is 12.2 Å². The van der Waals surface area contributed by atoms with E-state index in [0.29, 0.717) is 0 Å². The van der Waals surface area contributed by atoms with E-state index in [1.54, 1.807) is 0 Å². The fraction of sp³-hybridized carbons (Fsp3) is 0.778. The molecule has 0 unspecified atom stereocenters. The van der Waals surface area contributed by atoms with Gasteiger partial charge in [-0.3, -0.25) is 0 Å². The van der Waals surface area contributed by atoms with Gasteiger partial charge in [0.1, 0.15) is 0 Å². The topological polar surface area (TPSA) is 9.23 Å². The third-order valence-electron chi connectivity index (χ3n) is 1.95. The predicted octanol–water partition coefficient (Wildman–Crippen LogP) is 2.75. The standard InChI is InChI=1S/C9H15BrO/c10-6-2-1-3-9-4-7-11-8-5-9/h1,3,9H,2,4-8H2/b3-1+. The van der Waals surface area contributed by atoms with Crippen LogP contribution in [0.2, 0.25) is 0 Å². The maximum absolute atomic E-state index is 5.26. The molecule has 1 heterocycles. The van der Waals surface area contributed by atoms with Gasteiger partial charge in [0.2, 0.25) is 0 Å². The van der Waals surface area contributed by atoms with Gasteiger partial charge in [0.25, 0.3) is 0 Å². The summed E-state index contributed by atoms with van der Waals surface area (Å²) in [5.41, 5.74) is 0. The van der Waals surface area contributed by atoms with Gasteiger partial charge in [0.05, 0.1) is 0 Å². The van der Waals surface area contributed by atoms with Crippen LogP contribution in [0, 0.1) is 5.92 Å². The van der Waals surface area contributed by atoms with Gasteiger partial charge in [-0.05, 0) is 25.2 Å². The minimum atomic E-state index is 0.780. The lowest BCUT2D eigenvalue weighted by Gasteiger charge is -2.18. The van der Waals surface area contributed by atoms with E-state index >= 15 is 0 Å². The molecule has 1 fully saturated rings. The van der Waals surface area contributed by atoms with Crippen molar-refractivity contribution in [1.29, 1.82) is 0 Å². The summed E-state index contributed by atoms with van der Waals surface area (Å²) in [7, 11) is 0. The second kappa shape index (κ2) is 5.78. The summed E-state index contributed by atoms with van der Waals surface area (Å²) < 4.78 is 5.26. The van der Waals surface area contributed by atoms with Crippen molar-refractivity contribution in [3.05, 3.63) is 12.2 Å². The molecule has 0 aromatic rings. The smallest absolute Gasteiger partial charge is 0.0471 e. The summed E-state index contributed by atoms with van der Waals surface area (Å²) in [4.78, 5) is 0. The summed E-state index contributed by atoms with van der Waals surface area (Å²) in [5, 5.41) is 1.08. The molecular formula is C9H15BrO. The normalized spacial score (nSPS) is 21.2. The minimum absolute atomic E-state index is 0.780. The molecule has 0 spiro atoms. The van der Waals surface area contributed by atoms with Crippen molar-refractivity contribution in [1.82, 2.24) is 0 Å². The van der Waals surface area contributed by atoms with Crippen molar-refractivity contribution in [3.63, 3.8) is 0 Å². The van der Waals surface area contributed by atoms with Gasteiger partial charge in [0.15, 0.2) is 0 Å². The molecule has 64 valence electrons. The average Bonchev–Trinajstić information content (AvgIpc) is 2.07. The van der Waals surface area contributed by atoms with E-state index in [0.717, 1.165) is 30.9 Å². The summed E-state index contributed by atoms with van der Waals surface area (Å²) in [6.07, 6.45) is 8.17. The summed E-state index contributed by atoms with van der Waals surface area (Å²) in [6.45, 7) is 1.90.